The molecule has 0 amide bonds. The fraction of sp³-hybridized carbons (Fsp3) is 0.190. The summed E-state index contributed by atoms with van der Waals surface area (Å²) in [4.78, 5) is 76.8. The van der Waals surface area contributed by atoms with Crippen LogP contribution in [0.25, 0.3) is 174 Å². The van der Waals surface area contributed by atoms with E-state index in [1.807, 2.05) is 293 Å². The van der Waals surface area contributed by atoms with Crippen molar-refractivity contribution in [2.75, 3.05) is 0 Å². The first-order chi connectivity index (χ1) is 47.4. The lowest BCUT2D eigenvalue weighted by Gasteiger charge is -2.17. The van der Waals surface area contributed by atoms with E-state index in [1.165, 1.54) is 0 Å². The highest BCUT2D eigenvalue weighted by atomic mass is 16.1. The molecule has 0 saturated heterocycles. The zero-order valence-corrected chi connectivity index (χ0v) is 57.7. The average Bonchev–Trinajstić information content (AvgIpc) is 0.698. The third-order valence-electron chi connectivity index (χ3n) is 17.2. The van der Waals surface area contributed by atoms with E-state index in [-0.39, 0.29) is 22.2 Å². The number of nitrogens with zero attached hydrogens (tertiary/aromatic N) is 8. The molecule has 0 radical (unpaired) electrons. The standard InChI is InChI=1S/2C34H16N4O2.8C2H6/c39-33-21-16-14-20-30-22(34(40)38-26-12-4-8-18-6-2-10-24(28(18)26)36-32(20)38)15-13-19(29(21)30)31-35-23-9-1-5-17-7-3-11-25(27(17)23)37(31)33;39-33-21-15-16-22-30-20(32-36-24-10-2-6-18-8-4-12-26(28(18)24)38(32)34(22)40)14-13-19(29(21)30)31-35-23-9-1-5-17-7-3-11-25(27(17)23)37(31)33;8*1-2/h2*1-16H;8*1-2H3. The maximum absolute atomic E-state index is 14.2. The summed E-state index contributed by atoms with van der Waals surface area (Å²) in [7, 11) is 0. The van der Waals surface area contributed by atoms with Gasteiger partial charge in [0.15, 0.2) is 0 Å². The minimum atomic E-state index is -0.146. The topological polar surface area (TPSA) is 137 Å². The summed E-state index contributed by atoms with van der Waals surface area (Å²) in [5, 5.41) is 16.6. The van der Waals surface area contributed by atoms with Gasteiger partial charge in [-0.1, -0.05) is 208 Å². The second-order valence-corrected chi connectivity index (χ2v) is 21.1. The van der Waals surface area contributed by atoms with Crippen LogP contribution in [0.1, 0.15) is 111 Å². The molecule has 0 aliphatic heterocycles. The zero-order chi connectivity index (χ0) is 68.5. The third kappa shape index (κ3) is 9.54. The maximum atomic E-state index is 14.2. The summed E-state index contributed by atoms with van der Waals surface area (Å²) in [6.07, 6.45) is 0. The SMILES string of the molecule is CC.CC.CC.CC.CC.CC.CC.CC.O=c1c2ccc3c(=O)n4c5cccc6cccc(nc4c4ccc(c2c34)c2nc3cccc4cccc(c43)n12)c65.O=c1c2ccc3c4c(ccc(c24)c2nc4cccc5cccc(c54)n12)c(=O)n1c2cccc4cccc(nc31)c42. The molecule has 0 unspecified atom stereocenters. The lowest BCUT2D eigenvalue weighted by Crippen LogP contribution is -2.19. The molecule has 20 rings (SSSR count). The van der Waals surface area contributed by atoms with E-state index in [4.69, 9.17) is 19.9 Å². The highest BCUT2D eigenvalue weighted by Gasteiger charge is 2.25. The zero-order valence-electron chi connectivity index (χ0n) is 57.7. The van der Waals surface area contributed by atoms with Gasteiger partial charge in [0.1, 0.15) is 22.6 Å². The predicted octanol–water partition coefficient (Wildman–Crippen LogP) is 21.5. The van der Waals surface area contributed by atoms with Crippen molar-refractivity contribution >= 4 is 174 Å². The van der Waals surface area contributed by atoms with Crippen LogP contribution in [-0.2, 0) is 0 Å². The van der Waals surface area contributed by atoms with Gasteiger partial charge >= 0.3 is 0 Å². The van der Waals surface area contributed by atoms with Gasteiger partial charge in [0.2, 0.25) is 0 Å². The Balaban J connectivity index is 0.000000162. The van der Waals surface area contributed by atoms with Crippen LogP contribution in [0, 0.1) is 0 Å². The molecular weight excluding hydrogens is 1180 g/mol. The van der Waals surface area contributed by atoms with Crippen LogP contribution in [0.3, 0.4) is 0 Å². The van der Waals surface area contributed by atoms with Crippen molar-refractivity contribution in [2.45, 2.75) is 111 Å². The Morgan fingerprint density at radius 3 is 0.552 bits per heavy atom. The second kappa shape index (κ2) is 27.4. The maximum Gasteiger partial charge on any atom is 0.264 e. The minimum Gasteiger partial charge on any atom is -0.268 e. The lowest BCUT2D eigenvalue weighted by molar-refractivity contribution is 1.14. The van der Waals surface area contributed by atoms with Gasteiger partial charge in [-0.05, 0) is 119 Å². The average molecular weight is 1270 g/mol. The van der Waals surface area contributed by atoms with Crippen LogP contribution < -0.4 is 22.2 Å². The van der Waals surface area contributed by atoms with Crippen LogP contribution in [0.4, 0.5) is 0 Å². The Morgan fingerprint density at radius 1 is 0.198 bits per heavy atom. The first-order valence-corrected chi connectivity index (χ1v) is 34.4. The van der Waals surface area contributed by atoms with Gasteiger partial charge in [0, 0.05) is 86.2 Å². The van der Waals surface area contributed by atoms with E-state index in [9.17, 15) is 19.2 Å². The van der Waals surface area contributed by atoms with Crippen molar-refractivity contribution in [3.8, 4) is 0 Å². The predicted molar refractivity (Wildman–Crippen MR) is 414 cm³/mol. The molecule has 0 spiro atoms. The molecule has 0 aliphatic carbocycles. The number of hydrogen-bond acceptors (Lipinski definition) is 8. The van der Waals surface area contributed by atoms with Gasteiger partial charge in [0.05, 0.1) is 44.1 Å². The van der Waals surface area contributed by atoms with Gasteiger partial charge in [0.25, 0.3) is 22.2 Å². The number of aromatic nitrogens is 8. The molecule has 96 heavy (non-hydrogen) atoms. The normalized spacial score (nSPS) is 11.1. The van der Waals surface area contributed by atoms with Crippen LogP contribution >= 0.6 is 0 Å². The fourth-order valence-electron chi connectivity index (χ4n) is 13.9. The van der Waals surface area contributed by atoms with Gasteiger partial charge < -0.3 is 0 Å². The van der Waals surface area contributed by atoms with Gasteiger partial charge in [-0.15, -0.1) is 0 Å². The molecule has 480 valence electrons. The van der Waals surface area contributed by atoms with E-state index in [0.717, 1.165) is 130 Å². The van der Waals surface area contributed by atoms with Crippen molar-refractivity contribution in [3.63, 3.8) is 0 Å². The molecular formula is C84H80N8O4. The monoisotopic (exact) mass is 1260 g/mol. The van der Waals surface area contributed by atoms with E-state index in [1.54, 1.807) is 29.7 Å². The van der Waals surface area contributed by atoms with Crippen molar-refractivity contribution in [1.29, 1.82) is 0 Å². The van der Waals surface area contributed by atoms with E-state index >= 15 is 0 Å². The number of pyridine rings is 4. The first-order valence-electron chi connectivity index (χ1n) is 34.4. The van der Waals surface area contributed by atoms with Crippen molar-refractivity contribution in [1.82, 2.24) is 37.5 Å². The number of rotatable bonds is 0. The summed E-state index contributed by atoms with van der Waals surface area (Å²) in [5.74, 6) is 0. The molecule has 0 saturated carbocycles. The third-order valence-corrected chi connectivity index (χ3v) is 17.2. The van der Waals surface area contributed by atoms with Gasteiger partial charge in [-0.2, -0.15) is 0 Å². The van der Waals surface area contributed by atoms with Crippen molar-refractivity contribution in [3.05, 3.63) is 236 Å². The summed E-state index contributed by atoms with van der Waals surface area (Å²) >= 11 is 0. The van der Waals surface area contributed by atoms with E-state index < -0.39 is 0 Å². The lowest BCUT2D eigenvalue weighted by atomic mass is 9.95. The van der Waals surface area contributed by atoms with Gasteiger partial charge in [-0.3, -0.25) is 36.8 Å². The van der Waals surface area contributed by atoms with Crippen LogP contribution in [0.5, 0.6) is 0 Å². The number of benzene rings is 12. The van der Waals surface area contributed by atoms with Crippen molar-refractivity contribution in [2.24, 2.45) is 0 Å². The molecule has 0 fully saturated rings. The molecule has 8 aromatic heterocycles. The van der Waals surface area contributed by atoms with Crippen LogP contribution in [0.15, 0.2) is 213 Å². The van der Waals surface area contributed by atoms with Gasteiger partial charge in [-0.25, -0.2) is 19.9 Å². The van der Waals surface area contributed by atoms with E-state index in [2.05, 4.69) is 0 Å². The Kier molecular flexibility index (Phi) is 18.9. The largest absolute Gasteiger partial charge is 0.268 e. The first kappa shape index (κ1) is 66.2. The quantitative estimate of drug-likeness (QED) is 0.108. The molecule has 8 heterocycles. The highest BCUT2D eigenvalue weighted by Crippen LogP contribution is 2.41. The molecule has 20 aromatic rings. The highest BCUT2D eigenvalue weighted by molar-refractivity contribution is 6.30. The molecule has 0 aliphatic rings. The minimum absolute atomic E-state index is 0.146. The summed E-state index contributed by atoms with van der Waals surface area (Å²) in [6.45, 7) is 32.0. The molecule has 12 nitrogen and oxygen atoms in total. The molecule has 12 aromatic carbocycles. The van der Waals surface area contributed by atoms with Crippen LogP contribution in [-0.4, -0.2) is 37.5 Å². The molecule has 0 bridgehead atoms. The number of hydrogen-bond donors (Lipinski definition) is 0. The Hall–Kier alpha value is -11.2. The number of fused-ring (bicyclic) bond motifs is 12. The Bertz CT molecular complexity index is 5770. The summed E-state index contributed by atoms with van der Waals surface area (Å²) in [6, 6.07) is 63.3. The molecule has 12 heteroatoms. The Labute approximate surface area is 555 Å². The van der Waals surface area contributed by atoms with E-state index in [0.29, 0.717) is 44.1 Å². The second-order valence-electron chi connectivity index (χ2n) is 21.1. The van der Waals surface area contributed by atoms with Crippen molar-refractivity contribution < 1.29 is 0 Å². The molecule has 0 atom stereocenters. The molecule has 0 N–H and O–H groups in total. The summed E-state index contributed by atoms with van der Waals surface area (Å²) < 4.78 is 6.89. The van der Waals surface area contributed by atoms with Crippen LogP contribution in [0.2, 0.25) is 0 Å². The Morgan fingerprint density at radius 2 is 0.365 bits per heavy atom. The summed E-state index contributed by atoms with van der Waals surface area (Å²) in [5.41, 5.74) is 8.39. The fourth-order valence-corrected chi connectivity index (χ4v) is 13.9. The smallest absolute Gasteiger partial charge is 0.264 e.